The van der Waals surface area contributed by atoms with Crippen LogP contribution in [-0.4, -0.2) is 37.3 Å². The van der Waals surface area contributed by atoms with Gasteiger partial charge >= 0.3 is 6.09 Å². The summed E-state index contributed by atoms with van der Waals surface area (Å²) in [7, 11) is 1.63. The largest absolute Gasteiger partial charge is 0.496 e. The summed E-state index contributed by atoms with van der Waals surface area (Å²) >= 11 is 0. The van der Waals surface area contributed by atoms with Crippen LogP contribution < -0.4 is 15.4 Å². The Labute approximate surface area is 168 Å². The van der Waals surface area contributed by atoms with E-state index in [1.165, 1.54) is 12.8 Å². The van der Waals surface area contributed by atoms with E-state index in [4.69, 9.17) is 9.47 Å². The maximum absolute atomic E-state index is 12.6. The molecule has 2 amide bonds. The van der Waals surface area contributed by atoms with Crippen LogP contribution in [0.25, 0.3) is 0 Å². The van der Waals surface area contributed by atoms with Gasteiger partial charge in [0.1, 0.15) is 11.4 Å². The summed E-state index contributed by atoms with van der Waals surface area (Å²) in [6, 6.07) is 5.72. The quantitative estimate of drug-likeness (QED) is 0.743. The molecular weight excluding hydrogens is 356 g/mol. The molecule has 0 spiro atoms. The van der Waals surface area contributed by atoms with E-state index < -0.39 is 11.7 Å². The van der Waals surface area contributed by atoms with Crippen LogP contribution >= 0.6 is 0 Å². The standard InChI is InChI=1S/C22H34N2O4/c1-15-10-11-16(12-19(15)27-5)13-20(25)24-18(17-8-6-7-9-17)14-23-21(26)28-22(2,3)4/h10-12,17-18H,6-9,13-14H2,1-5H3,(H,23,26)(H,24,25)/t18-/m1/s1. The summed E-state index contributed by atoms with van der Waals surface area (Å²) < 4.78 is 10.7. The van der Waals surface area contributed by atoms with Crippen LogP contribution in [0.4, 0.5) is 4.79 Å². The van der Waals surface area contributed by atoms with Crippen LogP contribution in [0, 0.1) is 12.8 Å². The minimum Gasteiger partial charge on any atom is -0.496 e. The zero-order valence-corrected chi connectivity index (χ0v) is 17.8. The van der Waals surface area contributed by atoms with E-state index in [9.17, 15) is 9.59 Å². The summed E-state index contributed by atoms with van der Waals surface area (Å²) in [4.78, 5) is 24.6. The number of methoxy groups -OCH3 is 1. The van der Waals surface area contributed by atoms with Gasteiger partial charge in [0, 0.05) is 12.6 Å². The Morgan fingerprint density at radius 2 is 1.89 bits per heavy atom. The SMILES string of the molecule is COc1cc(CC(=O)N[C@H](CNC(=O)OC(C)(C)C)C2CCCC2)ccc1C. The second kappa shape index (κ2) is 9.80. The lowest BCUT2D eigenvalue weighted by Gasteiger charge is -2.26. The highest BCUT2D eigenvalue weighted by molar-refractivity contribution is 5.79. The van der Waals surface area contributed by atoms with Crippen molar-refractivity contribution in [1.82, 2.24) is 10.6 Å². The number of ether oxygens (including phenoxy) is 2. The second-order valence-corrected chi connectivity index (χ2v) is 8.58. The Morgan fingerprint density at radius 3 is 2.50 bits per heavy atom. The number of benzene rings is 1. The van der Waals surface area contributed by atoms with Gasteiger partial charge in [0.15, 0.2) is 0 Å². The molecule has 1 aliphatic carbocycles. The van der Waals surface area contributed by atoms with Gasteiger partial charge in [0.2, 0.25) is 5.91 Å². The summed E-state index contributed by atoms with van der Waals surface area (Å²) in [5.74, 6) is 1.12. The van der Waals surface area contributed by atoms with Crippen molar-refractivity contribution < 1.29 is 19.1 Å². The summed E-state index contributed by atoms with van der Waals surface area (Å²) in [5, 5.41) is 5.94. The van der Waals surface area contributed by atoms with Crippen LogP contribution in [0.3, 0.4) is 0 Å². The highest BCUT2D eigenvalue weighted by Crippen LogP contribution is 2.28. The highest BCUT2D eigenvalue weighted by atomic mass is 16.6. The Bertz CT molecular complexity index is 676. The molecule has 0 unspecified atom stereocenters. The van der Waals surface area contributed by atoms with Crippen LogP contribution in [0.2, 0.25) is 0 Å². The fourth-order valence-electron chi connectivity index (χ4n) is 3.62. The fraction of sp³-hybridized carbons (Fsp3) is 0.636. The van der Waals surface area contributed by atoms with E-state index in [0.29, 0.717) is 12.5 Å². The molecule has 1 atom stereocenters. The normalized spacial score (nSPS) is 15.8. The third-order valence-electron chi connectivity index (χ3n) is 5.02. The first-order valence-corrected chi connectivity index (χ1v) is 10.1. The number of aryl methyl sites for hydroxylation is 1. The summed E-state index contributed by atoms with van der Waals surface area (Å²) in [5.41, 5.74) is 1.41. The Morgan fingerprint density at radius 1 is 1.21 bits per heavy atom. The number of amides is 2. The predicted molar refractivity (Wildman–Crippen MR) is 110 cm³/mol. The predicted octanol–water partition coefficient (Wildman–Crippen LogP) is 3.75. The molecule has 0 bridgehead atoms. The molecule has 1 fully saturated rings. The van der Waals surface area contributed by atoms with E-state index in [2.05, 4.69) is 10.6 Å². The molecule has 6 heteroatoms. The molecule has 1 aromatic rings. The van der Waals surface area contributed by atoms with Crippen molar-refractivity contribution in [3.8, 4) is 5.75 Å². The van der Waals surface area contributed by atoms with Gasteiger partial charge in [-0.05, 0) is 63.6 Å². The highest BCUT2D eigenvalue weighted by Gasteiger charge is 2.27. The molecule has 0 radical (unpaired) electrons. The monoisotopic (exact) mass is 390 g/mol. The van der Waals surface area contributed by atoms with Crippen LogP contribution in [0.1, 0.15) is 57.6 Å². The number of alkyl carbamates (subject to hydrolysis) is 1. The summed E-state index contributed by atoms with van der Waals surface area (Å²) in [6.07, 6.45) is 4.30. The Balaban J connectivity index is 1.95. The molecule has 0 aromatic heterocycles. The van der Waals surface area contributed by atoms with Gasteiger partial charge in [-0.1, -0.05) is 25.0 Å². The number of carbonyl (C=O) groups is 2. The second-order valence-electron chi connectivity index (χ2n) is 8.58. The van der Waals surface area contributed by atoms with E-state index >= 15 is 0 Å². The van der Waals surface area contributed by atoms with E-state index in [0.717, 1.165) is 29.7 Å². The zero-order chi connectivity index (χ0) is 20.7. The summed E-state index contributed by atoms with van der Waals surface area (Å²) in [6.45, 7) is 7.85. The lowest BCUT2D eigenvalue weighted by molar-refractivity contribution is -0.121. The van der Waals surface area contributed by atoms with Gasteiger partial charge in [-0.2, -0.15) is 0 Å². The number of hydrogen-bond acceptors (Lipinski definition) is 4. The molecule has 28 heavy (non-hydrogen) atoms. The first-order valence-electron chi connectivity index (χ1n) is 10.1. The van der Waals surface area contributed by atoms with Crippen molar-refractivity contribution in [2.24, 2.45) is 5.92 Å². The number of carbonyl (C=O) groups excluding carboxylic acids is 2. The van der Waals surface area contributed by atoms with Crippen molar-refractivity contribution in [2.75, 3.05) is 13.7 Å². The zero-order valence-electron chi connectivity index (χ0n) is 17.8. The first kappa shape index (κ1) is 22.1. The van der Waals surface area contributed by atoms with Gasteiger partial charge in [-0.15, -0.1) is 0 Å². The number of hydrogen-bond donors (Lipinski definition) is 2. The number of rotatable bonds is 7. The molecule has 6 nitrogen and oxygen atoms in total. The molecule has 1 saturated carbocycles. The third-order valence-corrected chi connectivity index (χ3v) is 5.02. The first-order chi connectivity index (χ1) is 13.2. The smallest absolute Gasteiger partial charge is 0.407 e. The van der Waals surface area contributed by atoms with Gasteiger partial charge in [0.25, 0.3) is 0 Å². The molecular formula is C22H34N2O4. The maximum atomic E-state index is 12.6. The fourth-order valence-corrected chi connectivity index (χ4v) is 3.62. The molecule has 2 rings (SSSR count). The van der Waals surface area contributed by atoms with Gasteiger partial charge < -0.3 is 20.1 Å². The molecule has 0 aliphatic heterocycles. The average Bonchev–Trinajstić information content (AvgIpc) is 3.13. The van der Waals surface area contributed by atoms with Gasteiger partial charge in [-0.3, -0.25) is 4.79 Å². The molecule has 156 valence electrons. The molecule has 0 saturated heterocycles. The van der Waals surface area contributed by atoms with Crippen LogP contribution in [0.5, 0.6) is 5.75 Å². The van der Waals surface area contributed by atoms with Crippen LogP contribution in [0.15, 0.2) is 18.2 Å². The van der Waals surface area contributed by atoms with Crippen molar-refractivity contribution in [3.63, 3.8) is 0 Å². The maximum Gasteiger partial charge on any atom is 0.407 e. The average molecular weight is 391 g/mol. The van der Waals surface area contributed by atoms with Crippen LogP contribution in [-0.2, 0) is 16.0 Å². The lowest BCUT2D eigenvalue weighted by atomic mass is 9.97. The van der Waals surface area contributed by atoms with E-state index in [-0.39, 0.29) is 18.4 Å². The van der Waals surface area contributed by atoms with E-state index in [1.807, 2.05) is 45.9 Å². The third kappa shape index (κ3) is 7.06. The van der Waals surface area contributed by atoms with E-state index in [1.54, 1.807) is 7.11 Å². The lowest BCUT2D eigenvalue weighted by Crippen LogP contribution is -2.48. The van der Waals surface area contributed by atoms with Crippen molar-refractivity contribution in [3.05, 3.63) is 29.3 Å². The van der Waals surface area contributed by atoms with Crippen molar-refractivity contribution in [2.45, 2.75) is 71.4 Å². The minimum absolute atomic E-state index is 0.0474. The van der Waals surface area contributed by atoms with Gasteiger partial charge in [0.05, 0.1) is 13.5 Å². The molecule has 0 heterocycles. The van der Waals surface area contributed by atoms with Crippen molar-refractivity contribution >= 4 is 12.0 Å². The molecule has 1 aromatic carbocycles. The van der Waals surface area contributed by atoms with Crippen molar-refractivity contribution in [1.29, 1.82) is 0 Å². The molecule has 2 N–H and O–H groups in total. The Hall–Kier alpha value is -2.24. The number of nitrogens with one attached hydrogen (secondary N) is 2. The molecule has 1 aliphatic rings. The van der Waals surface area contributed by atoms with Gasteiger partial charge in [-0.25, -0.2) is 4.79 Å². The topological polar surface area (TPSA) is 76.7 Å². The minimum atomic E-state index is -0.541. The Kier molecular flexibility index (Phi) is 7.72.